The van der Waals surface area contributed by atoms with Crippen molar-refractivity contribution in [3.8, 4) is 0 Å². The number of hydrogen-bond acceptors (Lipinski definition) is 4. The first-order valence-electron chi connectivity index (χ1n) is 5.39. The summed E-state index contributed by atoms with van der Waals surface area (Å²) in [5, 5.41) is 14.4. The van der Waals surface area contributed by atoms with Crippen LogP contribution in [0.15, 0.2) is 22.9 Å². The van der Waals surface area contributed by atoms with Crippen LogP contribution in [0.5, 0.6) is 0 Å². The van der Waals surface area contributed by atoms with Gasteiger partial charge in [0.25, 0.3) is 0 Å². The van der Waals surface area contributed by atoms with Crippen LogP contribution >= 0.6 is 11.6 Å². The van der Waals surface area contributed by atoms with E-state index in [2.05, 4.69) is 10.1 Å². The van der Waals surface area contributed by atoms with E-state index in [4.69, 9.17) is 16.0 Å². The second kappa shape index (κ2) is 4.89. The quantitative estimate of drug-likeness (QED) is 0.911. The van der Waals surface area contributed by atoms with E-state index in [9.17, 15) is 5.11 Å². The number of aliphatic hydroxyl groups excluding tert-OH is 1. The highest BCUT2D eigenvalue weighted by Crippen LogP contribution is 2.22. The Labute approximate surface area is 104 Å². The van der Waals surface area contributed by atoms with Crippen molar-refractivity contribution in [1.82, 2.24) is 14.8 Å². The molecule has 1 atom stereocenters. The molecule has 0 saturated heterocycles. The van der Waals surface area contributed by atoms with Gasteiger partial charge in [0, 0.05) is 12.5 Å². The van der Waals surface area contributed by atoms with Crippen molar-refractivity contribution in [2.45, 2.75) is 32.4 Å². The summed E-state index contributed by atoms with van der Waals surface area (Å²) in [4.78, 5) is 4.13. The Hall–Kier alpha value is -1.33. The van der Waals surface area contributed by atoms with Gasteiger partial charge in [-0.1, -0.05) is 0 Å². The van der Waals surface area contributed by atoms with Gasteiger partial charge >= 0.3 is 0 Å². The van der Waals surface area contributed by atoms with Gasteiger partial charge in [-0.05, 0) is 37.6 Å². The fourth-order valence-corrected chi connectivity index (χ4v) is 1.78. The third kappa shape index (κ3) is 2.68. The highest BCUT2D eigenvalue weighted by Gasteiger charge is 2.17. The highest BCUT2D eigenvalue weighted by molar-refractivity contribution is 6.28. The van der Waals surface area contributed by atoms with Crippen molar-refractivity contribution in [1.29, 1.82) is 0 Å². The summed E-state index contributed by atoms with van der Waals surface area (Å²) >= 11 is 5.66. The predicted octanol–water partition coefficient (Wildman–Crippen LogP) is 2.38. The second-order valence-corrected chi connectivity index (χ2v) is 4.45. The highest BCUT2D eigenvalue weighted by atomic mass is 35.5. The van der Waals surface area contributed by atoms with Crippen LogP contribution in [0, 0.1) is 0 Å². The summed E-state index contributed by atoms with van der Waals surface area (Å²) in [5.74, 6) is 1.16. The number of halogens is 1. The topological polar surface area (TPSA) is 64.1 Å². The van der Waals surface area contributed by atoms with Crippen LogP contribution in [0.2, 0.25) is 5.22 Å². The van der Waals surface area contributed by atoms with Gasteiger partial charge in [-0.3, -0.25) is 0 Å². The van der Waals surface area contributed by atoms with E-state index in [0.717, 1.165) is 5.82 Å². The molecule has 1 unspecified atom stereocenters. The van der Waals surface area contributed by atoms with E-state index in [-0.39, 0.29) is 11.3 Å². The number of hydrogen-bond donors (Lipinski definition) is 1. The van der Waals surface area contributed by atoms with Gasteiger partial charge in [0.2, 0.25) is 0 Å². The molecule has 0 fully saturated rings. The third-order valence-corrected chi connectivity index (χ3v) is 2.64. The lowest BCUT2D eigenvalue weighted by atomic mass is 10.2. The summed E-state index contributed by atoms with van der Waals surface area (Å²) in [6.07, 6.45) is 1.07. The zero-order valence-corrected chi connectivity index (χ0v) is 10.4. The molecule has 2 aromatic heterocycles. The molecule has 0 aliphatic rings. The minimum absolute atomic E-state index is 0.208. The Morgan fingerprint density at radius 2 is 2.24 bits per heavy atom. The number of aliphatic hydroxyl groups is 1. The molecule has 0 amide bonds. The van der Waals surface area contributed by atoms with Gasteiger partial charge in [-0.15, -0.1) is 0 Å². The standard InChI is InChI=1S/C11H14ClN3O2/c1-7(2)15-11(13-6-14-15)5-8(16)9-3-4-10(12)17-9/h3-4,6-8,16H,5H2,1-2H3. The minimum Gasteiger partial charge on any atom is -0.447 e. The first-order chi connectivity index (χ1) is 8.08. The van der Waals surface area contributed by atoms with Crippen molar-refractivity contribution in [2.24, 2.45) is 0 Å². The van der Waals surface area contributed by atoms with Crippen molar-refractivity contribution in [2.75, 3.05) is 0 Å². The Morgan fingerprint density at radius 3 is 2.82 bits per heavy atom. The van der Waals surface area contributed by atoms with Crippen LogP contribution in [-0.4, -0.2) is 19.9 Å². The smallest absolute Gasteiger partial charge is 0.193 e. The zero-order valence-electron chi connectivity index (χ0n) is 9.67. The second-order valence-electron chi connectivity index (χ2n) is 4.08. The molecule has 92 valence electrons. The average molecular weight is 256 g/mol. The van der Waals surface area contributed by atoms with Gasteiger partial charge in [0.1, 0.15) is 24.0 Å². The molecule has 0 saturated carbocycles. The van der Waals surface area contributed by atoms with Crippen molar-refractivity contribution in [3.63, 3.8) is 0 Å². The fourth-order valence-electron chi connectivity index (χ4n) is 1.63. The molecule has 0 aromatic carbocycles. The molecule has 0 bridgehead atoms. The minimum atomic E-state index is -0.760. The maximum absolute atomic E-state index is 9.98. The van der Waals surface area contributed by atoms with E-state index >= 15 is 0 Å². The third-order valence-electron chi connectivity index (χ3n) is 2.43. The molecule has 5 nitrogen and oxygen atoms in total. The largest absolute Gasteiger partial charge is 0.447 e. The van der Waals surface area contributed by atoms with Crippen LogP contribution in [0.4, 0.5) is 0 Å². The molecule has 0 spiro atoms. The summed E-state index contributed by atoms with van der Waals surface area (Å²) in [7, 11) is 0. The SMILES string of the molecule is CC(C)n1ncnc1CC(O)c1ccc(Cl)o1. The fraction of sp³-hybridized carbons (Fsp3) is 0.455. The molecule has 6 heteroatoms. The van der Waals surface area contributed by atoms with Gasteiger partial charge < -0.3 is 9.52 Å². The van der Waals surface area contributed by atoms with Gasteiger partial charge in [-0.25, -0.2) is 9.67 Å². The van der Waals surface area contributed by atoms with Crippen LogP contribution in [-0.2, 0) is 6.42 Å². The number of aromatic nitrogens is 3. The molecular formula is C11H14ClN3O2. The maximum atomic E-state index is 9.98. The number of rotatable bonds is 4. The zero-order chi connectivity index (χ0) is 12.4. The van der Waals surface area contributed by atoms with Crippen LogP contribution in [0.3, 0.4) is 0 Å². The molecular weight excluding hydrogens is 242 g/mol. The normalized spacial score (nSPS) is 13.2. The molecule has 0 radical (unpaired) electrons. The van der Waals surface area contributed by atoms with Crippen LogP contribution in [0.25, 0.3) is 0 Å². The first-order valence-corrected chi connectivity index (χ1v) is 5.77. The first kappa shape index (κ1) is 12.1. The molecule has 1 N–H and O–H groups in total. The molecule has 2 heterocycles. The molecule has 2 rings (SSSR count). The van der Waals surface area contributed by atoms with Crippen molar-refractivity contribution < 1.29 is 9.52 Å². The lowest BCUT2D eigenvalue weighted by molar-refractivity contribution is 0.146. The molecule has 0 aliphatic carbocycles. The lowest BCUT2D eigenvalue weighted by Gasteiger charge is -2.11. The molecule has 2 aromatic rings. The van der Waals surface area contributed by atoms with E-state index in [1.165, 1.54) is 6.33 Å². The van der Waals surface area contributed by atoms with Crippen molar-refractivity contribution >= 4 is 11.6 Å². The number of nitrogens with zero attached hydrogens (tertiary/aromatic N) is 3. The Kier molecular flexibility index (Phi) is 3.49. The lowest BCUT2D eigenvalue weighted by Crippen LogP contribution is -2.11. The summed E-state index contributed by atoms with van der Waals surface area (Å²) < 4.78 is 6.92. The summed E-state index contributed by atoms with van der Waals surface area (Å²) in [6.45, 7) is 4.02. The average Bonchev–Trinajstić information content (AvgIpc) is 2.86. The van der Waals surface area contributed by atoms with Gasteiger partial charge in [-0.2, -0.15) is 5.10 Å². The van der Waals surface area contributed by atoms with Crippen LogP contribution in [0.1, 0.15) is 37.6 Å². The van der Waals surface area contributed by atoms with E-state index in [1.807, 2.05) is 13.8 Å². The van der Waals surface area contributed by atoms with Crippen molar-refractivity contribution in [3.05, 3.63) is 35.3 Å². The van der Waals surface area contributed by atoms with Gasteiger partial charge in [0.05, 0.1) is 0 Å². The Morgan fingerprint density at radius 1 is 1.47 bits per heavy atom. The molecule has 17 heavy (non-hydrogen) atoms. The number of furan rings is 1. The molecule has 0 aliphatic heterocycles. The predicted molar refractivity (Wildman–Crippen MR) is 62.8 cm³/mol. The maximum Gasteiger partial charge on any atom is 0.193 e. The summed E-state index contributed by atoms with van der Waals surface area (Å²) in [5.41, 5.74) is 0. The van der Waals surface area contributed by atoms with E-state index < -0.39 is 6.10 Å². The monoisotopic (exact) mass is 255 g/mol. The van der Waals surface area contributed by atoms with Crippen LogP contribution < -0.4 is 0 Å². The Balaban J connectivity index is 2.13. The van der Waals surface area contributed by atoms with Gasteiger partial charge in [0.15, 0.2) is 5.22 Å². The van der Waals surface area contributed by atoms with E-state index in [1.54, 1.807) is 16.8 Å². The summed E-state index contributed by atoms with van der Waals surface area (Å²) in [6, 6.07) is 3.47. The Bertz CT molecular complexity index is 492. The van der Waals surface area contributed by atoms with E-state index in [0.29, 0.717) is 12.2 Å².